The van der Waals surface area contributed by atoms with Crippen molar-refractivity contribution in [1.29, 1.82) is 0 Å². The Morgan fingerprint density at radius 1 is 1.30 bits per heavy atom. The van der Waals surface area contributed by atoms with Gasteiger partial charge in [-0.1, -0.05) is 0 Å². The number of ether oxygens (including phenoxy) is 2. The molecule has 3 rings (SSSR count). The standard InChI is InChI=1S/C16H30N2O2/c1-13(2)18(11-14-4-3-7-17-14)15-5-8-20-16(10-15)6-9-19-12-16/h13-15,17H,3-12H2,1-2H3. The van der Waals surface area contributed by atoms with Crippen LogP contribution in [-0.4, -0.2) is 61.5 Å². The molecule has 0 aromatic rings. The van der Waals surface area contributed by atoms with E-state index in [4.69, 9.17) is 9.47 Å². The summed E-state index contributed by atoms with van der Waals surface area (Å²) in [5.41, 5.74) is 0.0269. The van der Waals surface area contributed by atoms with E-state index in [-0.39, 0.29) is 5.60 Å². The van der Waals surface area contributed by atoms with Crippen LogP contribution >= 0.6 is 0 Å². The van der Waals surface area contributed by atoms with Crippen molar-refractivity contribution in [3.8, 4) is 0 Å². The minimum Gasteiger partial charge on any atom is -0.378 e. The molecule has 0 saturated carbocycles. The van der Waals surface area contributed by atoms with Gasteiger partial charge in [0, 0.05) is 44.3 Å². The summed E-state index contributed by atoms with van der Waals surface area (Å²) in [5.74, 6) is 0. The second kappa shape index (κ2) is 6.30. The minimum atomic E-state index is 0.0269. The highest BCUT2D eigenvalue weighted by Gasteiger charge is 2.43. The van der Waals surface area contributed by atoms with E-state index in [0.717, 1.165) is 32.7 Å². The Bertz CT molecular complexity index is 310. The summed E-state index contributed by atoms with van der Waals surface area (Å²) in [6, 6.07) is 1.96. The summed E-state index contributed by atoms with van der Waals surface area (Å²) in [7, 11) is 0. The van der Waals surface area contributed by atoms with Crippen LogP contribution in [0.15, 0.2) is 0 Å². The van der Waals surface area contributed by atoms with Crippen molar-refractivity contribution in [3.63, 3.8) is 0 Å². The first-order chi connectivity index (χ1) is 9.69. The van der Waals surface area contributed by atoms with Crippen molar-refractivity contribution in [2.24, 2.45) is 0 Å². The lowest BCUT2D eigenvalue weighted by atomic mass is 9.88. The Labute approximate surface area is 123 Å². The van der Waals surface area contributed by atoms with Gasteiger partial charge in [0.1, 0.15) is 0 Å². The summed E-state index contributed by atoms with van der Waals surface area (Å²) in [6.45, 7) is 9.64. The zero-order valence-corrected chi connectivity index (χ0v) is 13.1. The lowest BCUT2D eigenvalue weighted by molar-refractivity contribution is -0.110. The fourth-order valence-corrected chi connectivity index (χ4v) is 4.10. The van der Waals surface area contributed by atoms with Crippen LogP contribution in [0.1, 0.15) is 46.0 Å². The Balaban J connectivity index is 1.63. The molecule has 0 aromatic heterocycles. The molecular formula is C16H30N2O2. The third-order valence-electron chi connectivity index (χ3n) is 5.26. The van der Waals surface area contributed by atoms with Gasteiger partial charge in [0.15, 0.2) is 0 Å². The quantitative estimate of drug-likeness (QED) is 0.852. The first kappa shape index (κ1) is 14.8. The fourth-order valence-electron chi connectivity index (χ4n) is 4.10. The van der Waals surface area contributed by atoms with Crippen molar-refractivity contribution in [3.05, 3.63) is 0 Å². The maximum Gasteiger partial charge on any atom is 0.0951 e. The second-order valence-electron chi connectivity index (χ2n) is 7.06. The number of hydrogen-bond acceptors (Lipinski definition) is 4. The van der Waals surface area contributed by atoms with Gasteiger partial charge in [-0.2, -0.15) is 0 Å². The maximum absolute atomic E-state index is 6.09. The van der Waals surface area contributed by atoms with Gasteiger partial charge in [-0.3, -0.25) is 4.90 Å². The van der Waals surface area contributed by atoms with Gasteiger partial charge < -0.3 is 14.8 Å². The van der Waals surface area contributed by atoms with Crippen LogP contribution in [0.4, 0.5) is 0 Å². The first-order valence-electron chi connectivity index (χ1n) is 8.39. The molecule has 3 atom stereocenters. The second-order valence-corrected chi connectivity index (χ2v) is 7.06. The third-order valence-corrected chi connectivity index (χ3v) is 5.26. The molecule has 0 radical (unpaired) electrons. The molecule has 3 unspecified atom stereocenters. The predicted octanol–water partition coefficient (Wildman–Crippen LogP) is 1.79. The molecule has 4 nitrogen and oxygen atoms in total. The molecule has 20 heavy (non-hydrogen) atoms. The van der Waals surface area contributed by atoms with E-state index in [2.05, 4.69) is 24.1 Å². The SMILES string of the molecule is CC(C)N(CC1CCCN1)C1CCOC2(CCOC2)C1. The van der Waals surface area contributed by atoms with Gasteiger partial charge in [-0.15, -0.1) is 0 Å². The summed E-state index contributed by atoms with van der Waals surface area (Å²) < 4.78 is 11.7. The predicted molar refractivity (Wildman–Crippen MR) is 80.0 cm³/mol. The maximum atomic E-state index is 6.09. The van der Waals surface area contributed by atoms with E-state index in [9.17, 15) is 0 Å². The Morgan fingerprint density at radius 2 is 2.20 bits per heavy atom. The first-order valence-corrected chi connectivity index (χ1v) is 8.39. The topological polar surface area (TPSA) is 33.7 Å². The molecule has 3 saturated heterocycles. The van der Waals surface area contributed by atoms with Crippen molar-refractivity contribution < 1.29 is 9.47 Å². The summed E-state index contributed by atoms with van der Waals surface area (Å²) in [4.78, 5) is 2.71. The number of hydrogen-bond donors (Lipinski definition) is 1. The normalized spacial score (nSPS) is 38.4. The van der Waals surface area contributed by atoms with Crippen LogP contribution in [0, 0.1) is 0 Å². The molecule has 0 bridgehead atoms. The van der Waals surface area contributed by atoms with Crippen molar-refractivity contribution in [1.82, 2.24) is 10.2 Å². The van der Waals surface area contributed by atoms with Crippen molar-refractivity contribution in [2.75, 3.05) is 32.9 Å². The molecule has 0 amide bonds. The Hall–Kier alpha value is -0.160. The van der Waals surface area contributed by atoms with Crippen molar-refractivity contribution >= 4 is 0 Å². The van der Waals surface area contributed by atoms with Crippen LogP contribution in [0.2, 0.25) is 0 Å². The van der Waals surface area contributed by atoms with Gasteiger partial charge in [0.05, 0.1) is 12.2 Å². The lowest BCUT2D eigenvalue weighted by Crippen LogP contribution is -2.53. The smallest absolute Gasteiger partial charge is 0.0951 e. The molecule has 3 aliphatic rings. The van der Waals surface area contributed by atoms with Crippen LogP contribution in [-0.2, 0) is 9.47 Å². The molecule has 116 valence electrons. The Morgan fingerprint density at radius 3 is 2.85 bits per heavy atom. The van der Waals surface area contributed by atoms with E-state index < -0.39 is 0 Å². The number of rotatable bonds is 4. The van der Waals surface area contributed by atoms with Crippen LogP contribution < -0.4 is 5.32 Å². The average molecular weight is 282 g/mol. The molecule has 3 aliphatic heterocycles. The highest BCUT2D eigenvalue weighted by atomic mass is 16.6. The van der Waals surface area contributed by atoms with Gasteiger partial charge >= 0.3 is 0 Å². The molecule has 4 heteroatoms. The van der Waals surface area contributed by atoms with Gasteiger partial charge in [0.25, 0.3) is 0 Å². The van der Waals surface area contributed by atoms with Crippen LogP contribution in [0.5, 0.6) is 0 Å². The monoisotopic (exact) mass is 282 g/mol. The molecule has 0 aliphatic carbocycles. The number of nitrogens with one attached hydrogen (secondary N) is 1. The summed E-state index contributed by atoms with van der Waals surface area (Å²) in [5, 5.41) is 3.64. The lowest BCUT2D eigenvalue weighted by Gasteiger charge is -2.44. The molecular weight excluding hydrogens is 252 g/mol. The molecule has 3 fully saturated rings. The Kier molecular flexibility index (Phi) is 4.65. The minimum absolute atomic E-state index is 0.0269. The van der Waals surface area contributed by atoms with Gasteiger partial charge in [-0.25, -0.2) is 0 Å². The van der Waals surface area contributed by atoms with Gasteiger partial charge in [-0.05, 0) is 46.1 Å². The van der Waals surface area contributed by atoms with Gasteiger partial charge in [0.2, 0.25) is 0 Å². The zero-order valence-electron chi connectivity index (χ0n) is 13.1. The molecule has 0 aromatic carbocycles. The molecule has 3 heterocycles. The third kappa shape index (κ3) is 3.19. The zero-order chi connectivity index (χ0) is 14.0. The summed E-state index contributed by atoms with van der Waals surface area (Å²) in [6.07, 6.45) is 6.07. The van der Waals surface area contributed by atoms with E-state index in [0.29, 0.717) is 18.1 Å². The van der Waals surface area contributed by atoms with Crippen molar-refractivity contribution in [2.45, 2.75) is 69.7 Å². The average Bonchev–Trinajstić information content (AvgIpc) is 3.08. The summed E-state index contributed by atoms with van der Waals surface area (Å²) >= 11 is 0. The van der Waals surface area contributed by atoms with E-state index >= 15 is 0 Å². The van der Waals surface area contributed by atoms with E-state index in [1.165, 1.54) is 32.4 Å². The van der Waals surface area contributed by atoms with Crippen LogP contribution in [0.3, 0.4) is 0 Å². The van der Waals surface area contributed by atoms with Crippen LogP contribution in [0.25, 0.3) is 0 Å². The van der Waals surface area contributed by atoms with E-state index in [1.54, 1.807) is 0 Å². The highest BCUT2D eigenvalue weighted by Crippen LogP contribution is 2.35. The van der Waals surface area contributed by atoms with E-state index in [1.807, 2.05) is 0 Å². The fraction of sp³-hybridized carbons (Fsp3) is 1.00. The highest BCUT2D eigenvalue weighted by molar-refractivity contribution is 4.95. The largest absolute Gasteiger partial charge is 0.378 e. The number of nitrogens with zero attached hydrogens (tertiary/aromatic N) is 1. The molecule has 1 N–H and O–H groups in total. The molecule has 1 spiro atoms.